The summed E-state index contributed by atoms with van der Waals surface area (Å²) in [5.74, 6) is 0.402. The van der Waals surface area contributed by atoms with Gasteiger partial charge < -0.3 is 0 Å². The summed E-state index contributed by atoms with van der Waals surface area (Å²) in [6.07, 6.45) is 3.32. The second-order valence-corrected chi connectivity index (χ2v) is 2.44. The van der Waals surface area contributed by atoms with E-state index in [1.807, 2.05) is 0 Å². The number of nitrogens with zero attached hydrogens (tertiary/aromatic N) is 3. The van der Waals surface area contributed by atoms with Gasteiger partial charge in [0.15, 0.2) is 5.82 Å². The number of carbonyl (C=O) groups is 1. The number of urea groups is 1. The molecule has 0 aromatic carbocycles. The van der Waals surface area contributed by atoms with Crippen LogP contribution in [0.1, 0.15) is 0 Å². The van der Waals surface area contributed by atoms with E-state index in [9.17, 15) is 4.79 Å². The van der Waals surface area contributed by atoms with Crippen molar-refractivity contribution < 1.29 is 4.79 Å². The molecular formula is C6H3ClN3O. The van der Waals surface area contributed by atoms with Crippen LogP contribution < -0.4 is 0 Å². The highest BCUT2D eigenvalue weighted by Crippen LogP contribution is 2.28. The molecule has 0 unspecified atom stereocenters. The number of rotatable bonds is 0. The maximum atomic E-state index is 10.9. The first-order valence-electron chi connectivity index (χ1n) is 2.95. The van der Waals surface area contributed by atoms with E-state index >= 15 is 0 Å². The van der Waals surface area contributed by atoms with Crippen LogP contribution in [0, 0.1) is 6.54 Å². The predicted molar refractivity (Wildman–Crippen MR) is 38.4 cm³/mol. The molecule has 0 spiro atoms. The summed E-state index contributed by atoms with van der Waals surface area (Å²) >= 11 is 5.71. The minimum Gasteiger partial charge on any atom is -0.263 e. The average Bonchev–Trinajstić information content (AvgIpc) is 2.35. The van der Waals surface area contributed by atoms with Gasteiger partial charge in [0.2, 0.25) is 0 Å². The van der Waals surface area contributed by atoms with E-state index in [1.165, 1.54) is 4.90 Å². The minimum atomic E-state index is -0.400. The van der Waals surface area contributed by atoms with Crippen molar-refractivity contribution >= 4 is 17.6 Å². The molecule has 0 N–H and O–H groups in total. The lowest BCUT2D eigenvalue weighted by Crippen LogP contribution is -2.20. The zero-order valence-corrected chi connectivity index (χ0v) is 6.12. The predicted octanol–water partition coefficient (Wildman–Crippen LogP) is 2.01. The second-order valence-electron chi connectivity index (χ2n) is 2.03. The third kappa shape index (κ3) is 0.867. The van der Waals surface area contributed by atoms with E-state index in [0.29, 0.717) is 10.9 Å². The topological polar surface area (TPSA) is 45.0 Å². The molecule has 5 heteroatoms. The van der Waals surface area contributed by atoms with E-state index < -0.39 is 6.03 Å². The Balaban J connectivity index is 2.47. The Morgan fingerprint density at radius 1 is 1.45 bits per heavy atom. The number of hydrogen-bond donors (Lipinski definition) is 0. The van der Waals surface area contributed by atoms with Crippen molar-refractivity contribution in [3.05, 3.63) is 29.6 Å². The molecule has 0 fully saturated rings. The molecule has 0 aliphatic carbocycles. The molecule has 0 atom stereocenters. The first-order valence-corrected chi connectivity index (χ1v) is 3.33. The number of halogens is 1. The molecule has 0 bridgehead atoms. The lowest BCUT2D eigenvalue weighted by atomic mass is 10.3. The highest BCUT2D eigenvalue weighted by atomic mass is 35.5. The molecule has 11 heavy (non-hydrogen) atoms. The van der Waals surface area contributed by atoms with Gasteiger partial charge >= 0.3 is 6.03 Å². The Kier molecular flexibility index (Phi) is 1.29. The van der Waals surface area contributed by atoms with Crippen molar-refractivity contribution in [3.63, 3.8) is 0 Å². The van der Waals surface area contributed by atoms with Crippen molar-refractivity contribution in [1.82, 2.24) is 4.90 Å². The highest BCUT2D eigenvalue weighted by molar-refractivity contribution is 6.31. The number of allylic oxidation sites excluding steroid dienone is 2. The van der Waals surface area contributed by atoms with Crippen LogP contribution >= 0.6 is 11.6 Å². The molecule has 0 aromatic heterocycles. The van der Waals surface area contributed by atoms with Crippen LogP contribution in [0.2, 0.25) is 0 Å². The van der Waals surface area contributed by atoms with E-state index in [-0.39, 0.29) is 0 Å². The SMILES string of the molecule is O=C1N=NC2=C(Cl)C=C[CH]N12. The van der Waals surface area contributed by atoms with Gasteiger partial charge in [-0.2, -0.15) is 0 Å². The van der Waals surface area contributed by atoms with Gasteiger partial charge in [-0.05, 0) is 6.08 Å². The monoisotopic (exact) mass is 168 g/mol. The van der Waals surface area contributed by atoms with Crippen LogP contribution in [0.25, 0.3) is 0 Å². The summed E-state index contributed by atoms with van der Waals surface area (Å²) in [6.45, 7) is 1.57. The summed E-state index contributed by atoms with van der Waals surface area (Å²) in [7, 11) is 0. The van der Waals surface area contributed by atoms with E-state index in [4.69, 9.17) is 11.6 Å². The lowest BCUT2D eigenvalue weighted by molar-refractivity contribution is 0.234. The van der Waals surface area contributed by atoms with Crippen LogP contribution in [-0.4, -0.2) is 10.9 Å². The molecule has 55 valence electrons. The van der Waals surface area contributed by atoms with E-state index in [2.05, 4.69) is 10.2 Å². The molecule has 0 saturated heterocycles. The summed E-state index contributed by atoms with van der Waals surface area (Å²) in [5.41, 5.74) is 0. The summed E-state index contributed by atoms with van der Waals surface area (Å²) < 4.78 is 0. The fraction of sp³-hybridized carbons (Fsp3) is 0. The largest absolute Gasteiger partial charge is 0.368 e. The maximum Gasteiger partial charge on any atom is 0.368 e. The molecule has 2 aliphatic rings. The first-order chi connectivity index (χ1) is 5.29. The lowest BCUT2D eigenvalue weighted by Gasteiger charge is -2.14. The Labute approximate surface area is 67.8 Å². The van der Waals surface area contributed by atoms with Crippen molar-refractivity contribution in [2.24, 2.45) is 10.2 Å². The molecular weight excluding hydrogens is 166 g/mol. The molecule has 0 saturated carbocycles. The van der Waals surface area contributed by atoms with Crippen molar-refractivity contribution in [2.45, 2.75) is 0 Å². The highest BCUT2D eigenvalue weighted by Gasteiger charge is 2.27. The second kappa shape index (κ2) is 2.17. The fourth-order valence-corrected chi connectivity index (χ4v) is 1.06. The number of fused-ring (bicyclic) bond motifs is 1. The molecule has 2 rings (SSSR count). The zero-order valence-electron chi connectivity index (χ0n) is 5.36. The summed E-state index contributed by atoms with van der Waals surface area (Å²) in [5, 5.41) is 7.35. The third-order valence-corrected chi connectivity index (χ3v) is 1.65. The molecule has 0 aromatic rings. The first kappa shape index (κ1) is 6.54. The molecule has 2 aliphatic heterocycles. The van der Waals surface area contributed by atoms with Gasteiger partial charge in [-0.25, -0.2) is 4.79 Å². The summed E-state index contributed by atoms with van der Waals surface area (Å²) in [6, 6.07) is -0.400. The number of azo groups is 1. The Bertz CT molecular complexity index is 305. The van der Waals surface area contributed by atoms with Crippen molar-refractivity contribution in [1.29, 1.82) is 0 Å². The number of carbonyl (C=O) groups excluding carboxylic acids is 1. The van der Waals surface area contributed by atoms with Crippen molar-refractivity contribution in [2.75, 3.05) is 0 Å². The summed E-state index contributed by atoms with van der Waals surface area (Å²) in [4.78, 5) is 12.2. The van der Waals surface area contributed by atoms with Crippen LogP contribution in [0.3, 0.4) is 0 Å². The van der Waals surface area contributed by atoms with Gasteiger partial charge in [0.05, 0.1) is 11.6 Å². The minimum absolute atomic E-state index is 0.400. The van der Waals surface area contributed by atoms with Gasteiger partial charge in [-0.15, -0.1) is 5.11 Å². The zero-order chi connectivity index (χ0) is 7.84. The van der Waals surface area contributed by atoms with E-state index in [1.54, 1.807) is 18.7 Å². The Morgan fingerprint density at radius 3 is 3.00 bits per heavy atom. The third-order valence-electron chi connectivity index (χ3n) is 1.36. The molecule has 4 nitrogen and oxygen atoms in total. The van der Waals surface area contributed by atoms with Gasteiger partial charge in [-0.3, -0.25) is 4.90 Å². The van der Waals surface area contributed by atoms with Crippen molar-refractivity contribution in [3.8, 4) is 0 Å². The van der Waals surface area contributed by atoms with Gasteiger partial charge in [-0.1, -0.05) is 22.8 Å². The Morgan fingerprint density at radius 2 is 2.27 bits per heavy atom. The van der Waals surface area contributed by atoms with Crippen LogP contribution in [0.4, 0.5) is 4.79 Å². The smallest absolute Gasteiger partial charge is 0.263 e. The van der Waals surface area contributed by atoms with Gasteiger partial charge in [0, 0.05) is 0 Å². The number of amides is 2. The van der Waals surface area contributed by atoms with Gasteiger partial charge in [0.25, 0.3) is 0 Å². The average molecular weight is 169 g/mol. The maximum absolute atomic E-state index is 10.9. The quantitative estimate of drug-likeness (QED) is 0.546. The number of hydrogen-bond acceptors (Lipinski definition) is 2. The van der Waals surface area contributed by atoms with Gasteiger partial charge in [0.1, 0.15) is 0 Å². The van der Waals surface area contributed by atoms with Crippen LogP contribution in [-0.2, 0) is 0 Å². The normalized spacial score (nSPS) is 21.5. The molecule has 1 radical (unpaired) electrons. The molecule has 2 amide bonds. The van der Waals surface area contributed by atoms with Crippen LogP contribution in [0.15, 0.2) is 33.2 Å². The molecule has 2 heterocycles. The van der Waals surface area contributed by atoms with Crippen LogP contribution in [0.5, 0.6) is 0 Å². The van der Waals surface area contributed by atoms with E-state index in [0.717, 1.165) is 0 Å². The Hall–Kier alpha value is -1.16. The standard InChI is InChI=1S/C6H3ClN3O/c7-4-2-1-3-10-5(4)8-9-6(10)11/h1-3H. The fourth-order valence-electron chi connectivity index (χ4n) is 0.862.